The maximum absolute atomic E-state index is 16.4. The number of fused-ring (bicyclic) bond motifs is 5. The van der Waals surface area contributed by atoms with Gasteiger partial charge in [-0.2, -0.15) is 0 Å². The van der Waals surface area contributed by atoms with Gasteiger partial charge in [-0.1, -0.05) is 157 Å². The Hall–Kier alpha value is -3.97. The number of hydrogen-bond donors (Lipinski definition) is 0. The normalized spacial score (nSPS) is 25.7. The second-order valence-electron chi connectivity index (χ2n) is 12.1. The molecule has 2 saturated carbocycles. The second kappa shape index (κ2) is 10.9. The van der Waals surface area contributed by atoms with E-state index in [1.807, 2.05) is 140 Å². The number of nitrogens with zero attached hydrogens (tertiary/aromatic N) is 1. The summed E-state index contributed by atoms with van der Waals surface area (Å²) >= 11 is 0. The highest BCUT2D eigenvalue weighted by molar-refractivity contribution is 7.83. The second-order valence-corrected chi connectivity index (χ2v) is 18.0. The van der Waals surface area contributed by atoms with Gasteiger partial charge in [0.1, 0.15) is 20.4 Å². The molecule has 0 spiro atoms. The molecule has 0 N–H and O–H groups in total. The van der Waals surface area contributed by atoms with Crippen LogP contribution in [0.1, 0.15) is 12.0 Å². The van der Waals surface area contributed by atoms with Gasteiger partial charge in [0.05, 0.1) is 5.71 Å². The van der Waals surface area contributed by atoms with E-state index in [0.29, 0.717) is 0 Å². The molecule has 0 radical (unpaired) electrons. The van der Waals surface area contributed by atoms with Crippen LogP contribution in [0.25, 0.3) is 0 Å². The molecule has 1 heterocycles. The molecule has 8 rings (SSSR count). The summed E-state index contributed by atoms with van der Waals surface area (Å²) in [6.07, 6.45) is 0.585. The van der Waals surface area contributed by atoms with Gasteiger partial charge in [-0.05, 0) is 17.9 Å². The van der Waals surface area contributed by atoms with E-state index in [1.54, 1.807) is 0 Å². The zero-order valence-electron chi connectivity index (χ0n) is 24.2. The summed E-state index contributed by atoms with van der Waals surface area (Å²) in [4.78, 5) is 6.32. The minimum Gasteiger partial charge on any atom is -0.391 e. The predicted octanol–water partition coefficient (Wildman–Crippen LogP) is 6.82. The molecule has 0 saturated heterocycles. The van der Waals surface area contributed by atoms with Crippen LogP contribution in [-0.2, 0) is 14.0 Å². The van der Waals surface area contributed by atoms with Crippen molar-refractivity contribution in [3.8, 4) is 0 Å². The van der Waals surface area contributed by atoms with Crippen LogP contribution in [-0.4, -0.2) is 23.1 Å². The average Bonchev–Trinajstić information content (AvgIpc) is 3.82. The monoisotopic (exact) mass is 613 g/mol. The topological polar surface area (TPSA) is 55.7 Å². The van der Waals surface area contributed by atoms with Gasteiger partial charge in [0.2, 0.25) is 0 Å². The van der Waals surface area contributed by atoms with E-state index in [0.717, 1.165) is 38.9 Å². The smallest absolute Gasteiger partial charge is 0.147 e. The maximum atomic E-state index is 16.4. The van der Waals surface area contributed by atoms with Crippen LogP contribution in [0, 0.1) is 17.8 Å². The summed E-state index contributed by atoms with van der Waals surface area (Å²) in [5.41, 5.74) is 1.19. The van der Waals surface area contributed by atoms with E-state index >= 15 is 9.13 Å². The molecule has 6 heteroatoms. The molecule has 0 amide bonds. The van der Waals surface area contributed by atoms with Crippen molar-refractivity contribution in [2.24, 2.45) is 22.9 Å². The molecule has 4 nitrogen and oxygen atoms in total. The van der Waals surface area contributed by atoms with Crippen molar-refractivity contribution in [1.29, 1.82) is 0 Å². The first-order valence-corrected chi connectivity index (χ1v) is 18.9. The molecule has 2 fully saturated rings. The van der Waals surface area contributed by atoms with E-state index in [2.05, 4.69) is 12.1 Å². The molecule has 0 aromatic heterocycles. The SMILES string of the molecule is O=P(c1ccccc1)(c1ccccc1)[C@@H]1[C@H]2C[C@H]([C@H]3ON=C(c4ccccc4)[C@H]23)[C@@H]1P(=O)(c1ccccc1)c1ccccc1. The Bertz CT molecular complexity index is 1810. The van der Waals surface area contributed by atoms with Crippen LogP contribution < -0.4 is 21.2 Å². The number of rotatable bonds is 7. The van der Waals surface area contributed by atoms with Crippen LogP contribution in [0.15, 0.2) is 157 Å². The minimum absolute atomic E-state index is 0.0237. The summed E-state index contributed by atoms with van der Waals surface area (Å²) in [6.45, 7) is 0. The number of benzene rings is 5. The molecule has 6 atom stereocenters. The lowest BCUT2D eigenvalue weighted by Gasteiger charge is -2.44. The zero-order chi connectivity index (χ0) is 29.7. The summed E-state index contributed by atoms with van der Waals surface area (Å²) in [5.74, 6) is -0.125. The predicted molar refractivity (Wildman–Crippen MR) is 180 cm³/mol. The summed E-state index contributed by atoms with van der Waals surface area (Å²) in [7, 11) is -6.71. The van der Waals surface area contributed by atoms with E-state index in [9.17, 15) is 0 Å². The number of oxime groups is 1. The molecule has 3 aliphatic rings. The quantitative estimate of drug-likeness (QED) is 0.189. The maximum Gasteiger partial charge on any atom is 0.147 e. The van der Waals surface area contributed by atoms with Crippen molar-refractivity contribution in [2.75, 3.05) is 0 Å². The molecule has 5 aromatic carbocycles. The largest absolute Gasteiger partial charge is 0.391 e. The highest BCUT2D eigenvalue weighted by atomic mass is 31.2. The molecule has 2 bridgehead atoms. The van der Waals surface area contributed by atoms with Crippen LogP contribution in [0.4, 0.5) is 0 Å². The van der Waals surface area contributed by atoms with Crippen molar-refractivity contribution in [3.05, 3.63) is 157 Å². The first-order chi connectivity index (χ1) is 21.6. The molecular weight excluding hydrogens is 580 g/mol. The molecule has 5 aromatic rings. The number of hydrogen-bond acceptors (Lipinski definition) is 4. The Labute approximate surface area is 258 Å². The van der Waals surface area contributed by atoms with Crippen molar-refractivity contribution in [2.45, 2.75) is 23.8 Å². The summed E-state index contributed by atoms with van der Waals surface area (Å²) < 4.78 is 32.6. The third-order valence-corrected chi connectivity index (χ3v) is 17.6. The van der Waals surface area contributed by atoms with Gasteiger partial charge >= 0.3 is 0 Å². The van der Waals surface area contributed by atoms with Crippen molar-refractivity contribution in [3.63, 3.8) is 0 Å². The van der Waals surface area contributed by atoms with E-state index in [-0.39, 0.29) is 29.5 Å². The fourth-order valence-electron chi connectivity index (χ4n) is 8.39. The van der Waals surface area contributed by atoms with Crippen LogP contribution in [0.2, 0.25) is 0 Å². The molecule has 2 aliphatic carbocycles. The van der Waals surface area contributed by atoms with Gasteiger partial charge in [0, 0.05) is 44.4 Å². The summed E-state index contributed by atoms with van der Waals surface area (Å²) in [6, 6.07) is 49.8. The van der Waals surface area contributed by atoms with Gasteiger partial charge in [0.25, 0.3) is 0 Å². The van der Waals surface area contributed by atoms with Gasteiger partial charge in [0.15, 0.2) is 0 Å². The van der Waals surface area contributed by atoms with Gasteiger partial charge in [-0.15, -0.1) is 0 Å². The molecule has 0 unspecified atom stereocenters. The highest BCUT2D eigenvalue weighted by Crippen LogP contribution is 2.73. The first kappa shape index (κ1) is 27.6. The lowest BCUT2D eigenvalue weighted by atomic mass is 9.80. The van der Waals surface area contributed by atoms with Crippen molar-refractivity contribution < 1.29 is 14.0 Å². The lowest BCUT2D eigenvalue weighted by Crippen LogP contribution is -2.50. The van der Waals surface area contributed by atoms with Crippen LogP contribution in [0.5, 0.6) is 0 Å². The molecule has 1 aliphatic heterocycles. The fraction of sp³-hybridized carbons (Fsp3) is 0.184. The van der Waals surface area contributed by atoms with E-state index in [4.69, 9.17) is 9.99 Å². The fourth-order valence-corrected chi connectivity index (χ4v) is 16.9. The van der Waals surface area contributed by atoms with Crippen LogP contribution >= 0.6 is 14.3 Å². The minimum atomic E-state index is -3.36. The van der Waals surface area contributed by atoms with Gasteiger partial charge in [-0.3, -0.25) is 0 Å². The third kappa shape index (κ3) is 4.08. The average molecular weight is 614 g/mol. The molecule has 218 valence electrons. The van der Waals surface area contributed by atoms with E-state index < -0.39 is 19.9 Å². The Morgan fingerprint density at radius 1 is 0.500 bits per heavy atom. The Morgan fingerprint density at radius 2 is 0.864 bits per heavy atom. The zero-order valence-corrected chi connectivity index (χ0v) is 26.0. The highest BCUT2D eigenvalue weighted by Gasteiger charge is 2.70. The Balaban J connectivity index is 1.39. The van der Waals surface area contributed by atoms with Gasteiger partial charge in [-0.25, -0.2) is 0 Å². The van der Waals surface area contributed by atoms with E-state index in [1.165, 1.54) is 0 Å². The van der Waals surface area contributed by atoms with Crippen LogP contribution in [0.3, 0.4) is 0 Å². The first-order valence-electron chi connectivity index (χ1n) is 15.3. The van der Waals surface area contributed by atoms with Crippen molar-refractivity contribution in [1.82, 2.24) is 0 Å². The third-order valence-electron chi connectivity index (χ3n) is 10.1. The molecular formula is C38H33NO3P2. The van der Waals surface area contributed by atoms with Gasteiger partial charge < -0.3 is 14.0 Å². The Morgan fingerprint density at radius 3 is 1.27 bits per heavy atom. The standard InChI is InChI=1S/C38H33NO3P2/c40-43(28-18-8-2-9-19-28,29-20-10-3-11-21-29)37-32-26-33(36-34(32)35(39-42-36)27-16-6-1-7-17-27)38(37)44(41,30-22-12-4-13-23-30)31-24-14-5-15-25-31/h1-25,32-34,36-38H,26H2/t32-,33+,34-,36+,37+,38-/m0/s1. The summed E-state index contributed by atoms with van der Waals surface area (Å²) in [5, 5.41) is 7.93. The lowest BCUT2D eigenvalue weighted by molar-refractivity contribution is 0.0293. The van der Waals surface area contributed by atoms with Crippen molar-refractivity contribution >= 4 is 41.2 Å². The Kier molecular flexibility index (Phi) is 6.82. The molecule has 44 heavy (non-hydrogen) atoms.